The van der Waals surface area contributed by atoms with Crippen molar-refractivity contribution in [2.45, 2.75) is 20.4 Å². The van der Waals surface area contributed by atoms with E-state index >= 15 is 0 Å². The number of aryl methyl sites for hydroxylation is 2. The van der Waals surface area contributed by atoms with E-state index in [2.05, 4.69) is 15.7 Å². The van der Waals surface area contributed by atoms with Gasteiger partial charge in [0.2, 0.25) is 5.91 Å². The molecule has 2 heterocycles. The normalized spacial score (nSPS) is 12.9. The highest BCUT2D eigenvalue weighted by atomic mass is 35.5. The highest BCUT2D eigenvalue weighted by molar-refractivity contribution is 6.31. The molecule has 1 aromatic heterocycles. The Morgan fingerprint density at radius 1 is 1.26 bits per heavy atom. The molecule has 1 aliphatic heterocycles. The number of aromatic nitrogens is 2. The fourth-order valence-corrected chi connectivity index (χ4v) is 3.53. The summed E-state index contributed by atoms with van der Waals surface area (Å²) < 4.78 is 7.03. The van der Waals surface area contributed by atoms with E-state index in [1.165, 1.54) is 11.6 Å². The van der Waals surface area contributed by atoms with Gasteiger partial charge in [0.1, 0.15) is 10.9 Å². The van der Waals surface area contributed by atoms with Gasteiger partial charge in [0.15, 0.2) is 6.61 Å². The highest BCUT2D eigenvalue weighted by Crippen LogP contribution is 2.30. The lowest BCUT2D eigenvalue weighted by atomic mass is 10.1. The molecule has 0 radical (unpaired) electrons. The molecule has 0 spiro atoms. The number of benzene rings is 2. The molecule has 7 nitrogen and oxygen atoms in total. The predicted molar refractivity (Wildman–Crippen MR) is 120 cm³/mol. The van der Waals surface area contributed by atoms with Crippen LogP contribution < -0.4 is 15.4 Å². The Morgan fingerprint density at radius 3 is 2.81 bits per heavy atom. The number of fused-ring (bicyclic) bond motifs is 1. The maximum Gasteiger partial charge on any atom is 0.262 e. The van der Waals surface area contributed by atoms with Crippen LogP contribution >= 0.6 is 11.6 Å². The van der Waals surface area contributed by atoms with Crippen LogP contribution in [0.5, 0.6) is 5.75 Å². The molecule has 4 rings (SSSR count). The topological polar surface area (TPSA) is 85.3 Å². The Balaban J connectivity index is 1.45. The van der Waals surface area contributed by atoms with Crippen molar-refractivity contribution in [2.24, 2.45) is 0 Å². The minimum atomic E-state index is -0.329. The van der Waals surface area contributed by atoms with Crippen molar-refractivity contribution in [3.63, 3.8) is 0 Å². The van der Waals surface area contributed by atoms with Gasteiger partial charge in [0.25, 0.3) is 5.91 Å². The molecule has 8 heteroatoms. The Kier molecular flexibility index (Phi) is 5.77. The molecule has 158 valence electrons. The first-order valence-corrected chi connectivity index (χ1v) is 10.1. The molecule has 31 heavy (non-hydrogen) atoms. The second-order valence-corrected chi connectivity index (χ2v) is 7.66. The van der Waals surface area contributed by atoms with Crippen LogP contribution in [0.15, 0.2) is 48.5 Å². The zero-order valence-corrected chi connectivity index (χ0v) is 17.9. The van der Waals surface area contributed by atoms with E-state index in [1.807, 2.05) is 38.1 Å². The molecule has 0 unspecified atom stereocenters. The van der Waals surface area contributed by atoms with Crippen molar-refractivity contribution in [1.82, 2.24) is 9.78 Å². The van der Waals surface area contributed by atoms with Crippen LogP contribution in [0.4, 0.5) is 11.4 Å². The third kappa shape index (κ3) is 4.78. The highest BCUT2D eigenvalue weighted by Gasteiger charge is 2.16. The molecular weight excluding hydrogens is 416 g/mol. The third-order valence-corrected chi connectivity index (χ3v) is 5.24. The first kappa shape index (κ1) is 20.7. The zero-order valence-electron chi connectivity index (χ0n) is 17.1. The number of hydrogen-bond acceptors (Lipinski definition) is 4. The van der Waals surface area contributed by atoms with E-state index in [0.717, 1.165) is 11.3 Å². The van der Waals surface area contributed by atoms with E-state index in [9.17, 15) is 9.59 Å². The maximum absolute atomic E-state index is 12.4. The van der Waals surface area contributed by atoms with Gasteiger partial charge in [-0.1, -0.05) is 41.4 Å². The fraction of sp³-hybridized carbons (Fsp3) is 0.174. The summed E-state index contributed by atoms with van der Waals surface area (Å²) in [5, 5.41) is 10.4. The monoisotopic (exact) mass is 436 g/mol. The van der Waals surface area contributed by atoms with Gasteiger partial charge in [-0.2, -0.15) is 5.10 Å². The Morgan fingerprint density at radius 2 is 2.03 bits per heavy atom. The van der Waals surface area contributed by atoms with Gasteiger partial charge in [0.05, 0.1) is 17.9 Å². The average molecular weight is 437 g/mol. The summed E-state index contributed by atoms with van der Waals surface area (Å²) >= 11 is 6.51. The van der Waals surface area contributed by atoms with Crippen molar-refractivity contribution >= 4 is 40.9 Å². The van der Waals surface area contributed by atoms with Gasteiger partial charge >= 0.3 is 0 Å². The van der Waals surface area contributed by atoms with E-state index in [1.54, 1.807) is 29.0 Å². The van der Waals surface area contributed by atoms with Crippen LogP contribution in [-0.4, -0.2) is 28.2 Å². The summed E-state index contributed by atoms with van der Waals surface area (Å²) in [5.74, 6) is 0.00457. The number of nitrogens with zero attached hydrogens (tertiary/aromatic N) is 2. The molecule has 0 atom stereocenters. The Bertz CT molecular complexity index is 1180. The van der Waals surface area contributed by atoms with Crippen LogP contribution in [0.25, 0.3) is 6.08 Å². The lowest BCUT2D eigenvalue weighted by Gasteiger charge is -2.18. The number of carbonyl (C=O) groups is 2. The smallest absolute Gasteiger partial charge is 0.262 e. The van der Waals surface area contributed by atoms with Crippen LogP contribution in [0.3, 0.4) is 0 Å². The minimum absolute atomic E-state index is 0.0147. The first-order valence-electron chi connectivity index (χ1n) is 9.73. The summed E-state index contributed by atoms with van der Waals surface area (Å²) in [5.41, 5.74) is 4.76. The van der Waals surface area contributed by atoms with Gasteiger partial charge < -0.3 is 15.4 Å². The standard InChI is InChI=1S/C23H21ClN4O3/c1-14-3-5-16(6-4-14)12-28-23(24)18(15(2)27-28)8-10-21(29)25-17-7-9-20-19(11-17)26-22(30)13-31-20/h3-11H,12-13H2,1-2H3,(H,25,29)(H,26,30)/b10-8+. The van der Waals surface area contributed by atoms with E-state index < -0.39 is 0 Å². The Labute approximate surface area is 184 Å². The molecular formula is C23H21ClN4O3. The third-order valence-electron chi connectivity index (χ3n) is 4.84. The Hall–Kier alpha value is -3.58. The summed E-state index contributed by atoms with van der Waals surface area (Å²) in [6.45, 7) is 4.42. The van der Waals surface area contributed by atoms with E-state index in [4.69, 9.17) is 16.3 Å². The van der Waals surface area contributed by atoms with Gasteiger partial charge in [-0.15, -0.1) is 0 Å². The summed E-state index contributed by atoms with van der Waals surface area (Å²) in [4.78, 5) is 23.8. The van der Waals surface area contributed by atoms with Gasteiger partial charge in [0, 0.05) is 17.3 Å². The molecule has 0 bridgehead atoms. The quantitative estimate of drug-likeness (QED) is 0.587. The van der Waals surface area contributed by atoms with Crippen LogP contribution in [0.1, 0.15) is 22.4 Å². The maximum atomic E-state index is 12.4. The molecule has 3 aromatic rings. The predicted octanol–water partition coefficient (Wildman–Crippen LogP) is 4.18. The number of anilines is 2. The number of rotatable bonds is 5. The molecule has 1 aliphatic rings. The molecule has 0 fully saturated rings. The molecule has 0 aliphatic carbocycles. The van der Waals surface area contributed by atoms with Crippen LogP contribution in [0.2, 0.25) is 5.15 Å². The number of ether oxygens (including phenoxy) is 1. The fourth-order valence-electron chi connectivity index (χ4n) is 3.23. The largest absolute Gasteiger partial charge is 0.482 e. The number of nitrogens with one attached hydrogen (secondary N) is 2. The summed E-state index contributed by atoms with van der Waals surface area (Å²) in [6, 6.07) is 13.2. The zero-order chi connectivity index (χ0) is 22.0. The minimum Gasteiger partial charge on any atom is -0.482 e. The SMILES string of the molecule is Cc1ccc(Cn2nc(C)c(/C=C/C(=O)Nc3ccc4c(c3)NC(=O)CO4)c2Cl)cc1. The van der Waals surface area contributed by atoms with Crippen molar-refractivity contribution in [2.75, 3.05) is 17.2 Å². The van der Waals surface area contributed by atoms with Crippen molar-refractivity contribution in [3.8, 4) is 5.75 Å². The number of amides is 2. The van der Waals surface area contributed by atoms with E-state index in [0.29, 0.717) is 34.4 Å². The van der Waals surface area contributed by atoms with Crippen molar-refractivity contribution < 1.29 is 14.3 Å². The van der Waals surface area contributed by atoms with Crippen molar-refractivity contribution in [3.05, 3.63) is 76.1 Å². The van der Waals surface area contributed by atoms with Gasteiger partial charge in [-0.05, 0) is 43.7 Å². The lowest BCUT2D eigenvalue weighted by Crippen LogP contribution is -2.25. The lowest BCUT2D eigenvalue weighted by molar-refractivity contribution is -0.118. The summed E-state index contributed by atoms with van der Waals surface area (Å²) in [7, 11) is 0. The molecule has 2 N–H and O–H groups in total. The number of hydrogen-bond donors (Lipinski definition) is 2. The van der Waals surface area contributed by atoms with Crippen molar-refractivity contribution in [1.29, 1.82) is 0 Å². The van der Waals surface area contributed by atoms with Gasteiger partial charge in [-0.3, -0.25) is 9.59 Å². The van der Waals surface area contributed by atoms with Crippen LogP contribution in [-0.2, 0) is 16.1 Å². The summed E-state index contributed by atoms with van der Waals surface area (Å²) in [6.07, 6.45) is 3.05. The molecule has 0 saturated carbocycles. The van der Waals surface area contributed by atoms with E-state index in [-0.39, 0.29) is 18.4 Å². The molecule has 2 aromatic carbocycles. The number of carbonyl (C=O) groups excluding carboxylic acids is 2. The molecule has 2 amide bonds. The molecule has 0 saturated heterocycles. The second-order valence-electron chi connectivity index (χ2n) is 7.30. The number of halogens is 1. The average Bonchev–Trinajstić information content (AvgIpc) is 3.00. The second kappa shape index (κ2) is 8.65. The van der Waals surface area contributed by atoms with Crippen LogP contribution in [0, 0.1) is 13.8 Å². The first-order chi connectivity index (χ1) is 14.9. The van der Waals surface area contributed by atoms with Gasteiger partial charge in [-0.25, -0.2) is 4.68 Å².